The number of nitrogens with two attached hydrogens (primary N) is 1. The second-order valence-electron chi connectivity index (χ2n) is 3.17. The van der Waals surface area contributed by atoms with Crippen molar-refractivity contribution in [3.05, 3.63) is 0 Å². The van der Waals surface area contributed by atoms with Crippen LogP contribution in [0.1, 0.15) is 12.8 Å². The molecule has 12 heavy (non-hydrogen) atoms. The summed E-state index contributed by atoms with van der Waals surface area (Å²) in [5, 5.41) is 3.23. The first-order valence-corrected chi connectivity index (χ1v) is 4.27. The van der Waals surface area contributed by atoms with Crippen molar-refractivity contribution in [3.63, 3.8) is 0 Å². The lowest BCUT2D eigenvalue weighted by atomic mass is 9.91. The fourth-order valence-corrected chi connectivity index (χ4v) is 1.65. The van der Waals surface area contributed by atoms with Gasteiger partial charge in [-0.15, -0.1) is 0 Å². The fraction of sp³-hybridized carbons (Fsp3) is 0.875. The molecule has 0 bridgehead atoms. The Balaban J connectivity index is 2.48. The molecule has 2 atom stereocenters. The Morgan fingerprint density at radius 1 is 1.75 bits per heavy atom. The maximum absolute atomic E-state index is 11.0. The van der Waals surface area contributed by atoms with Crippen LogP contribution in [0.2, 0.25) is 0 Å². The number of ether oxygens (including phenoxy) is 1. The largest absolute Gasteiger partial charge is 0.383 e. The van der Waals surface area contributed by atoms with Gasteiger partial charge in [0.15, 0.2) is 0 Å². The molecule has 1 aliphatic heterocycles. The Hall–Kier alpha value is -0.610. The molecule has 1 rings (SSSR count). The first-order valence-electron chi connectivity index (χ1n) is 4.27. The molecule has 0 radical (unpaired) electrons. The minimum Gasteiger partial charge on any atom is -0.383 e. The van der Waals surface area contributed by atoms with Gasteiger partial charge in [0.1, 0.15) is 0 Å². The van der Waals surface area contributed by atoms with E-state index in [0.29, 0.717) is 6.61 Å². The number of hydrogen-bond donors (Lipinski definition) is 2. The number of methoxy groups -OCH3 is 1. The van der Waals surface area contributed by atoms with Gasteiger partial charge in [-0.1, -0.05) is 0 Å². The minimum atomic E-state index is -0.218. The molecule has 4 nitrogen and oxygen atoms in total. The quantitative estimate of drug-likeness (QED) is 0.602. The third kappa shape index (κ3) is 2.19. The van der Waals surface area contributed by atoms with Gasteiger partial charge < -0.3 is 15.8 Å². The molecule has 0 saturated carbocycles. The highest BCUT2D eigenvalue weighted by atomic mass is 16.5. The summed E-state index contributed by atoms with van der Waals surface area (Å²) in [7, 11) is 1.63. The van der Waals surface area contributed by atoms with Crippen LogP contribution in [0.15, 0.2) is 0 Å². The van der Waals surface area contributed by atoms with Crippen LogP contribution in [0.25, 0.3) is 0 Å². The molecule has 1 saturated heterocycles. The monoisotopic (exact) mass is 172 g/mol. The molecular weight excluding hydrogens is 156 g/mol. The van der Waals surface area contributed by atoms with Gasteiger partial charge in [-0.2, -0.15) is 0 Å². The number of hydrogen-bond acceptors (Lipinski definition) is 3. The van der Waals surface area contributed by atoms with Crippen molar-refractivity contribution >= 4 is 5.91 Å². The van der Waals surface area contributed by atoms with Crippen molar-refractivity contribution in [1.29, 1.82) is 0 Å². The van der Waals surface area contributed by atoms with Crippen LogP contribution in [-0.4, -0.2) is 32.2 Å². The smallest absolute Gasteiger partial charge is 0.222 e. The summed E-state index contributed by atoms with van der Waals surface area (Å²) >= 11 is 0. The first-order chi connectivity index (χ1) is 5.75. The van der Waals surface area contributed by atoms with E-state index in [-0.39, 0.29) is 17.9 Å². The molecule has 2 unspecified atom stereocenters. The highest BCUT2D eigenvalue weighted by Crippen LogP contribution is 2.15. The Morgan fingerprint density at radius 3 is 3.08 bits per heavy atom. The van der Waals surface area contributed by atoms with Crippen LogP contribution in [0.4, 0.5) is 0 Å². The zero-order chi connectivity index (χ0) is 8.97. The lowest BCUT2D eigenvalue weighted by Gasteiger charge is -2.29. The van der Waals surface area contributed by atoms with Gasteiger partial charge in [-0.25, -0.2) is 0 Å². The highest BCUT2D eigenvalue weighted by molar-refractivity contribution is 5.77. The molecule has 0 aromatic carbocycles. The molecule has 70 valence electrons. The average molecular weight is 172 g/mol. The van der Waals surface area contributed by atoms with Gasteiger partial charge in [0, 0.05) is 13.2 Å². The number of piperidine rings is 1. The van der Waals surface area contributed by atoms with Crippen LogP contribution in [0.3, 0.4) is 0 Å². The molecule has 3 N–H and O–H groups in total. The zero-order valence-corrected chi connectivity index (χ0v) is 7.38. The number of carbonyl (C=O) groups excluding carboxylic acids is 1. The Labute approximate surface area is 72.5 Å². The lowest BCUT2D eigenvalue weighted by Crippen LogP contribution is -2.49. The molecule has 0 aromatic heterocycles. The highest BCUT2D eigenvalue weighted by Gasteiger charge is 2.28. The average Bonchev–Trinajstić information content (AvgIpc) is 2.05. The Kier molecular flexibility index (Phi) is 3.49. The van der Waals surface area contributed by atoms with Crippen LogP contribution < -0.4 is 11.1 Å². The van der Waals surface area contributed by atoms with Crippen LogP contribution in [0.5, 0.6) is 0 Å². The molecule has 1 amide bonds. The van der Waals surface area contributed by atoms with Crippen molar-refractivity contribution in [2.45, 2.75) is 18.9 Å². The molecule has 1 heterocycles. The molecule has 1 fully saturated rings. The number of nitrogens with one attached hydrogen (secondary N) is 1. The third-order valence-electron chi connectivity index (χ3n) is 2.30. The van der Waals surface area contributed by atoms with Gasteiger partial charge in [0.05, 0.1) is 12.5 Å². The number of primary amides is 1. The summed E-state index contributed by atoms with van der Waals surface area (Å²) in [6, 6.07) is 0.112. The fourth-order valence-electron chi connectivity index (χ4n) is 1.65. The van der Waals surface area contributed by atoms with Gasteiger partial charge in [0.25, 0.3) is 0 Å². The molecule has 0 aliphatic carbocycles. The van der Waals surface area contributed by atoms with Crippen LogP contribution in [0, 0.1) is 5.92 Å². The summed E-state index contributed by atoms with van der Waals surface area (Å²) in [5.41, 5.74) is 5.25. The van der Waals surface area contributed by atoms with Crippen LogP contribution >= 0.6 is 0 Å². The van der Waals surface area contributed by atoms with E-state index in [1.807, 2.05) is 0 Å². The topological polar surface area (TPSA) is 64.3 Å². The van der Waals surface area contributed by atoms with Crippen molar-refractivity contribution in [1.82, 2.24) is 5.32 Å². The van der Waals surface area contributed by atoms with E-state index < -0.39 is 0 Å². The second-order valence-corrected chi connectivity index (χ2v) is 3.17. The summed E-state index contributed by atoms with van der Waals surface area (Å²) in [6.45, 7) is 1.52. The van der Waals surface area contributed by atoms with Gasteiger partial charge in [-0.05, 0) is 19.4 Å². The molecular formula is C8H16N2O2. The number of rotatable bonds is 3. The van der Waals surface area contributed by atoms with E-state index in [1.165, 1.54) is 0 Å². The minimum absolute atomic E-state index is 0.0568. The van der Waals surface area contributed by atoms with E-state index in [9.17, 15) is 4.79 Å². The predicted molar refractivity (Wildman–Crippen MR) is 45.6 cm³/mol. The standard InChI is InChI=1S/C8H16N2O2/c1-12-5-7-6(8(9)11)3-2-4-10-7/h6-7,10H,2-5H2,1H3,(H2,9,11). The Bertz CT molecular complexity index is 159. The normalized spacial score (nSPS) is 30.1. The van der Waals surface area contributed by atoms with Gasteiger partial charge in [-0.3, -0.25) is 4.79 Å². The summed E-state index contributed by atoms with van der Waals surface area (Å²) < 4.78 is 4.99. The van der Waals surface area contributed by atoms with Crippen molar-refractivity contribution < 1.29 is 9.53 Å². The van der Waals surface area contributed by atoms with E-state index in [1.54, 1.807) is 7.11 Å². The third-order valence-corrected chi connectivity index (χ3v) is 2.30. The maximum atomic E-state index is 11.0. The lowest BCUT2D eigenvalue weighted by molar-refractivity contribution is -0.124. The summed E-state index contributed by atoms with van der Waals surface area (Å²) in [6.07, 6.45) is 1.91. The summed E-state index contributed by atoms with van der Waals surface area (Å²) in [5.74, 6) is -0.275. The molecule has 0 aromatic rings. The SMILES string of the molecule is COCC1NCCCC1C(N)=O. The molecule has 4 heteroatoms. The van der Waals surface area contributed by atoms with Crippen LogP contribution in [-0.2, 0) is 9.53 Å². The van der Waals surface area contributed by atoms with Gasteiger partial charge >= 0.3 is 0 Å². The van der Waals surface area contributed by atoms with Crippen molar-refractivity contribution in [2.24, 2.45) is 11.7 Å². The van der Waals surface area contributed by atoms with Gasteiger partial charge in [0.2, 0.25) is 5.91 Å². The molecule has 0 spiro atoms. The Morgan fingerprint density at radius 2 is 2.50 bits per heavy atom. The van der Waals surface area contributed by atoms with E-state index >= 15 is 0 Å². The zero-order valence-electron chi connectivity index (χ0n) is 7.38. The second kappa shape index (κ2) is 4.42. The van der Waals surface area contributed by atoms with Crippen molar-refractivity contribution in [3.8, 4) is 0 Å². The maximum Gasteiger partial charge on any atom is 0.222 e. The first kappa shape index (κ1) is 9.48. The van der Waals surface area contributed by atoms with E-state index in [2.05, 4.69) is 5.32 Å². The summed E-state index contributed by atoms with van der Waals surface area (Å²) in [4.78, 5) is 11.0. The number of amides is 1. The predicted octanol–water partition coefficient (Wildman–Crippen LogP) is -0.514. The van der Waals surface area contributed by atoms with Crippen molar-refractivity contribution in [2.75, 3.05) is 20.3 Å². The van der Waals surface area contributed by atoms with E-state index in [4.69, 9.17) is 10.5 Å². The molecule has 1 aliphatic rings. The van der Waals surface area contributed by atoms with E-state index in [0.717, 1.165) is 19.4 Å². The number of carbonyl (C=O) groups is 1.